The predicted octanol–water partition coefficient (Wildman–Crippen LogP) is 1.32. The molecule has 0 unspecified atom stereocenters. The van der Waals surface area contributed by atoms with Crippen molar-refractivity contribution in [1.82, 2.24) is 10.2 Å². The highest BCUT2D eigenvalue weighted by Crippen LogP contribution is 2.37. The summed E-state index contributed by atoms with van der Waals surface area (Å²) in [5, 5.41) is 3.42. The highest BCUT2D eigenvalue weighted by molar-refractivity contribution is 7.91. The summed E-state index contributed by atoms with van der Waals surface area (Å²) in [6, 6.07) is 6.27. The van der Waals surface area contributed by atoms with E-state index < -0.39 is 9.84 Å². The molecule has 138 valence electrons. The Hall–Kier alpha value is -1.44. The van der Waals surface area contributed by atoms with Crippen molar-refractivity contribution in [3.63, 3.8) is 0 Å². The van der Waals surface area contributed by atoms with Gasteiger partial charge in [-0.15, -0.1) is 0 Å². The largest absolute Gasteiger partial charge is 0.384 e. The SMILES string of the molecule is COCCS(=O)(=O)c1ccc(C(=O)N2CCC3(CCNC3)CC2)cc1. The van der Waals surface area contributed by atoms with Crippen LogP contribution in [0.2, 0.25) is 0 Å². The zero-order valence-corrected chi connectivity index (χ0v) is 15.5. The third-order valence-corrected chi connectivity index (χ3v) is 7.15. The Balaban J connectivity index is 1.63. The average molecular weight is 366 g/mol. The molecule has 1 aromatic rings. The first-order valence-corrected chi connectivity index (χ1v) is 10.4. The first-order valence-electron chi connectivity index (χ1n) is 8.78. The minimum atomic E-state index is -3.36. The van der Waals surface area contributed by atoms with E-state index in [9.17, 15) is 13.2 Å². The lowest BCUT2D eigenvalue weighted by molar-refractivity contribution is 0.0607. The van der Waals surface area contributed by atoms with Gasteiger partial charge in [0.2, 0.25) is 0 Å². The molecule has 1 spiro atoms. The van der Waals surface area contributed by atoms with Gasteiger partial charge in [-0.1, -0.05) is 0 Å². The maximum atomic E-state index is 12.7. The van der Waals surface area contributed by atoms with Crippen LogP contribution in [-0.4, -0.2) is 64.9 Å². The van der Waals surface area contributed by atoms with Crippen LogP contribution in [-0.2, 0) is 14.6 Å². The van der Waals surface area contributed by atoms with E-state index in [0.717, 1.165) is 39.0 Å². The number of rotatable bonds is 5. The van der Waals surface area contributed by atoms with Gasteiger partial charge in [0, 0.05) is 32.3 Å². The molecule has 0 aromatic heterocycles. The number of piperidine rings is 1. The number of nitrogens with one attached hydrogen (secondary N) is 1. The van der Waals surface area contributed by atoms with Gasteiger partial charge < -0.3 is 15.0 Å². The average Bonchev–Trinajstić information content (AvgIpc) is 3.08. The number of hydrogen-bond acceptors (Lipinski definition) is 5. The molecule has 0 radical (unpaired) electrons. The zero-order chi connectivity index (χ0) is 17.9. The molecule has 0 saturated carbocycles. The van der Waals surface area contributed by atoms with E-state index in [0.29, 0.717) is 11.0 Å². The Labute approximate surface area is 149 Å². The first kappa shape index (κ1) is 18.4. The number of hydrogen-bond donors (Lipinski definition) is 1. The molecule has 0 aliphatic carbocycles. The molecule has 0 atom stereocenters. The zero-order valence-electron chi connectivity index (χ0n) is 14.7. The van der Waals surface area contributed by atoms with Gasteiger partial charge in [-0.3, -0.25) is 4.79 Å². The number of likely N-dealkylation sites (tertiary alicyclic amines) is 1. The van der Waals surface area contributed by atoms with Gasteiger partial charge in [-0.25, -0.2) is 8.42 Å². The minimum absolute atomic E-state index is 0.0124. The Kier molecular flexibility index (Phi) is 5.46. The van der Waals surface area contributed by atoms with E-state index in [1.807, 2.05) is 4.90 Å². The summed E-state index contributed by atoms with van der Waals surface area (Å²) in [6.07, 6.45) is 3.27. The number of ether oxygens (including phenoxy) is 1. The van der Waals surface area contributed by atoms with E-state index in [2.05, 4.69) is 5.32 Å². The van der Waals surface area contributed by atoms with Crippen molar-refractivity contribution >= 4 is 15.7 Å². The number of carbonyl (C=O) groups excluding carboxylic acids is 1. The number of nitrogens with zero attached hydrogens (tertiary/aromatic N) is 1. The van der Waals surface area contributed by atoms with Gasteiger partial charge in [0.15, 0.2) is 9.84 Å². The van der Waals surface area contributed by atoms with Crippen LogP contribution >= 0.6 is 0 Å². The van der Waals surface area contributed by atoms with Crippen LogP contribution in [0.3, 0.4) is 0 Å². The smallest absolute Gasteiger partial charge is 0.253 e. The Bertz CT molecular complexity index is 699. The molecule has 1 amide bonds. The third-order valence-electron chi connectivity index (χ3n) is 5.46. The molecule has 6 nitrogen and oxygen atoms in total. The summed E-state index contributed by atoms with van der Waals surface area (Å²) >= 11 is 0. The van der Waals surface area contributed by atoms with Crippen molar-refractivity contribution in [2.75, 3.05) is 45.6 Å². The molecule has 1 N–H and O–H groups in total. The van der Waals surface area contributed by atoms with Gasteiger partial charge >= 0.3 is 0 Å². The normalized spacial score (nSPS) is 20.1. The van der Waals surface area contributed by atoms with Gasteiger partial charge in [0.25, 0.3) is 5.91 Å². The van der Waals surface area contributed by atoms with Crippen LogP contribution in [0.4, 0.5) is 0 Å². The molecule has 0 bridgehead atoms. The Morgan fingerprint density at radius 2 is 1.88 bits per heavy atom. The summed E-state index contributed by atoms with van der Waals surface area (Å²) in [7, 11) is -1.89. The first-order chi connectivity index (χ1) is 12.0. The Morgan fingerprint density at radius 1 is 1.20 bits per heavy atom. The highest BCUT2D eigenvalue weighted by atomic mass is 32.2. The molecule has 2 fully saturated rings. The summed E-state index contributed by atoms with van der Waals surface area (Å²) in [4.78, 5) is 14.8. The molecule has 25 heavy (non-hydrogen) atoms. The predicted molar refractivity (Wildman–Crippen MR) is 95.4 cm³/mol. The maximum Gasteiger partial charge on any atom is 0.253 e. The second-order valence-corrected chi connectivity index (χ2v) is 9.16. The van der Waals surface area contributed by atoms with Crippen LogP contribution in [0, 0.1) is 5.41 Å². The molecular formula is C18H26N2O4S. The van der Waals surface area contributed by atoms with Crippen molar-refractivity contribution in [3.05, 3.63) is 29.8 Å². The summed E-state index contributed by atoms with van der Waals surface area (Å²) < 4.78 is 29.1. The number of methoxy groups -OCH3 is 1. The molecular weight excluding hydrogens is 340 g/mol. The summed E-state index contributed by atoms with van der Waals surface area (Å²) in [5.41, 5.74) is 0.918. The van der Waals surface area contributed by atoms with Gasteiger partial charge in [0.05, 0.1) is 17.3 Å². The molecule has 2 saturated heterocycles. The Morgan fingerprint density at radius 3 is 2.44 bits per heavy atom. The number of benzene rings is 1. The van der Waals surface area contributed by atoms with E-state index >= 15 is 0 Å². The lowest BCUT2D eigenvalue weighted by atomic mass is 9.78. The second kappa shape index (κ2) is 7.43. The van der Waals surface area contributed by atoms with E-state index in [1.165, 1.54) is 25.7 Å². The molecule has 2 aliphatic rings. The lowest BCUT2D eigenvalue weighted by Crippen LogP contribution is -2.44. The van der Waals surface area contributed by atoms with Crippen LogP contribution < -0.4 is 5.32 Å². The molecule has 3 rings (SSSR count). The second-order valence-electron chi connectivity index (χ2n) is 7.06. The van der Waals surface area contributed by atoms with Gasteiger partial charge in [-0.2, -0.15) is 0 Å². The van der Waals surface area contributed by atoms with Crippen molar-refractivity contribution in [2.45, 2.75) is 24.2 Å². The lowest BCUT2D eigenvalue weighted by Gasteiger charge is -2.38. The van der Waals surface area contributed by atoms with E-state index in [1.54, 1.807) is 12.1 Å². The van der Waals surface area contributed by atoms with Crippen molar-refractivity contribution in [3.8, 4) is 0 Å². The van der Waals surface area contributed by atoms with Gasteiger partial charge in [0.1, 0.15) is 0 Å². The topological polar surface area (TPSA) is 75.7 Å². The van der Waals surface area contributed by atoms with Crippen LogP contribution in [0.15, 0.2) is 29.2 Å². The molecule has 2 aliphatic heterocycles. The number of carbonyl (C=O) groups is 1. The molecule has 2 heterocycles. The van der Waals surface area contributed by atoms with Crippen molar-refractivity contribution in [1.29, 1.82) is 0 Å². The summed E-state index contributed by atoms with van der Waals surface area (Å²) in [5.74, 6) is -0.0689. The quantitative estimate of drug-likeness (QED) is 0.851. The standard InChI is InChI=1S/C18H26N2O4S/c1-24-12-13-25(22,23)16-4-2-15(3-5-16)17(21)20-10-7-18(8-11-20)6-9-19-14-18/h2-5,19H,6-14H2,1H3. The van der Waals surface area contributed by atoms with Crippen molar-refractivity contribution < 1.29 is 17.9 Å². The fourth-order valence-corrected chi connectivity index (χ4v) is 4.88. The number of sulfone groups is 1. The van der Waals surface area contributed by atoms with Crippen LogP contribution in [0.1, 0.15) is 29.6 Å². The summed E-state index contributed by atoms with van der Waals surface area (Å²) in [6.45, 7) is 3.84. The van der Waals surface area contributed by atoms with E-state index in [-0.39, 0.29) is 23.2 Å². The number of amides is 1. The molecule has 1 aromatic carbocycles. The van der Waals surface area contributed by atoms with Crippen LogP contribution in [0.25, 0.3) is 0 Å². The third kappa shape index (κ3) is 4.04. The van der Waals surface area contributed by atoms with E-state index in [4.69, 9.17) is 4.74 Å². The minimum Gasteiger partial charge on any atom is -0.384 e. The van der Waals surface area contributed by atoms with Gasteiger partial charge in [-0.05, 0) is 55.5 Å². The fourth-order valence-electron chi connectivity index (χ4n) is 3.70. The maximum absolute atomic E-state index is 12.7. The monoisotopic (exact) mass is 366 g/mol. The fraction of sp³-hybridized carbons (Fsp3) is 0.611. The molecule has 7 heteroatoms. The highest BCUT2D eigenvalue weighted by Gasteiger charge is 2.38. The van der Waals surface area contributed by atoms with Crippen LogP contribution in [0.5, 0.6) is 0 Å². The van der Waals surface area contributed by atoms with Crippen molar-refractivity contribution in [2.24, 2.45) is 5.41 Å².